The Hall–Kier alpha value is -2.63. The van der Waals surface area contributed by atoms with E-state index in [9.17, 15) is 5.11 Å². The molecule has 2 aromatic heterocycles. The highest BCUT2D eigenvalue weighted by molar-refractivity contribution is 6.29. The maximum absolute atomic E-state index is 9.47. The maximum atomic E-state index is 9.47. The van der Waals surface area contributed by atoms with Gasteiger partial charge in [-0.25, -0.2) is 4.98 Å². The molecule has 0 radical (unpaired) electrons. The lowest BCUT2D eigenvalue weighted by Gasteiger charge is -2.24. The summed E-state index contributed by atoms with van der Waals surface area (Å²) >= 11 is 6.27. The molecule has 0 unspecified atom stereocenters. The van der Waals surface area contributed by atoms with Gasteiger partial charge in [-0.1, -0.05) is 29.8 Å². The van der Waals surface area contributed by atoms with E-state index >= 15 is 0 Å². The van der Waals surface area contributed by atoms with E-state index in [4.69, 9.17) is 17.3 Å². The molecule has 0 spiro atoms. The number of pyridine rings is 2. The fraction of sp³-hybridized carbons (Fsp3) is 0.158. The molecule has 25 heavy (non-hydrogen) atoms. The summed E-state index contributed by atoms with van der Waals surface area (Å²) in [6.07, 6.45) is 1.63. The zero-order valence-corrected chi connectivity index (χ0v) is 14.6. The number of anilines is 3. The first-order valence-electron chi connectivity index (χ1n) is 7.92. The van der Waals surface area contributed by atoms with Gasteiger partial charge in [-0.2, -0.15) is 0 Å². The van der Waals surface area contributed by atoms with Gasteiger partial charge in [0.2, 0.25) is 0 Å². The molecule has 0 aliphatic carbocycles. The van der Waals surface area contributed by atoms with Crippen LogP contribution < -0.4 is 10.6 Å². The number of hydrogen-bond acceptors (Lipinski definition) is 5. The highest BCUT2D eigenvalue weighted by Gasteiger charge is 2.14. The van der Waals surface area contributed by atoms with Crippen molar-refractivity contribution >= 4 is 28.8 Å². The van der Waals surface area contributed by atoms with E-state index < -0.39 is 0 Å². The van der Waals surface area contributed by atoms with Crippen LogP contribution in [0.15, 0.2) is 54.7 Å². The fourth-order valence-corrected chi connectivity index (χ4v) is 2.91. The van der Waals surface area contributed by atoms with Crippen LogP contribution in [0.25, 0.3) is 11.1 Å². The molecule has 0 saturated heterocycles. The second-order valence-corrected chi connectivity index (χ2v) is 6.04. The number of nitrogens with two attached hydrogens (primary N) is 1. The monoisotopic (exact) mass is 354 g/mol. The normalized spacial score (nSPS) is 10.7. The van der Waals surface area contributed by atoms with Crippen LogP contribution >= 0.6 is 11.6 Å². The van der Waals surface area contributed by atoms with Gasteiger partial charge in [0, 0.05) is 23.5 Å². The molecule has 128 valence electrons. The van der Waals surface area contributed by atoms with Gasteiger partial charge in [0.25, 0.3) is 0 Å². The Balaban J connectivity index is 2.10. The van der Waals surface area contributed by atoms with Gasteiger partial charge >= 0.3 is 0 Å². The van der Waals surface area contributed by atoms with E-state index in [-0.39, 0.29) is 6.61 Å². The first kappa shape index (κ1) is 17.2. The Labute approximate surface area is 151 Å². The second-order valence-electron chi connectivity index (χ2n) is 5.65. The Kier molecular flexibility index (Phi) is 5.16. The van der Waals surface area contributed by atoms with Gasteiger partial charge in [-0.3, -0.25) is 4.98 Å². The lowest BCUT2D eigenvalue weighted by Crippen LogP contribution is -2.22. The SMILES string of the molecule is Cc1ncc(N)cc1-c1cc(Cl)nc(N(CCO)c2ccccc2)c1. The lowest BCUT2D eigenvalue weighted by atomic mass is 10.0. The van der Waals surface area contributed by atoms with Gasteiger partial charge < -0.3 is 15.7 Å². The molecular formula is C19H19ClN4O. The molecule has 3 aromatic rings. The van der Waals surface area contributed by atoms with Gasteiger partial charge in [0.15, 0.2) is 0 Å². The molecule has 0 bridgehead atoms. The molecule has 6 heteroatoms. The Morgan fingerprint density at radius 3 is 2.64 bits per heavy atom. The number of aliphatic hydroxyl groups is 1. The summed E-state index contributed by atoms with van der Waals surface area (Å²) in [4.78, 5) is 10.7. The van der Waals surface area contributed by atoms with Crippen molar-refractivity contribution in [2.75, 3.05) is 23.8 Å². The molecule has 2 heterocycles. The van der Waals surface area contributed by atoms with Crippen LogP contribution in [0.1, 0.15) is 5.69 Å². The molecule has 3 rings (SSSR count). The maximum Gasteiger partial charge on any atom is 0.135 e. The average molecular weight is 355 g/mol. The van der Waals surface area contributed by atoms with E-state index in [0.717, 1.165) is 22.5 Å². The predicted octanol–water partition coefficient (Wildman–Crippen LogP) is 3.82. The van der Waals surface area contributed by atoms with Gasteiger partial charge in [0.1, 0.15) is 11.0 Å². The number of aryl methyl sites for hydroxylation is 1. The zero-order valence-electron chi connectivity index (χ0n) is 13.9. The number of rotatable bonds is 5. The quantitative estimate of drug-likeness (QED) is 0.681. The topological polar surface area (TPSA) is 75.3 Å². The van der Waals surface area contributed by atoms with Crippen LogP contribution in [0.3, 0.4) is 0 Å². The first-order valence-corrected chi connectivity index (χ1v) is 8.30. The molecule has 5 nitrogen and oxygen atoms in total. The molecule has 0 amide bonds. The Morgan fingerprint density at radius 1 is 1.16 bits per heavy atom. The van der Waals surface area contributed by atoms with E-state index in [1.54, 1.807) is 12.3 Å². The van der Waals surface area contributed by atoms with Crippen molar-refractivity contribution in [1.82, 2.24) is 9.97 Å². The summed E-state index contributed by atoms with van der Waals surface area (Å²) in [6.45, 7) is 2.33. The van der Waals surface area contributed by atoms with Gasteiger partial charge in [0.05, 0.1) is 18.5 Å². The van der Waals surface area contributed by atoms with Crippen LogP contribution in [0.4, 0.5) is 17.2 Å². The molecule has 3 N–H and O–H groups in total. The van der Waals surface area contributed by atoms with Crippen LogP contribution in [0.2, 0.25) is 5.15 Å². The summed E-state index contributed by atoms with van der Waals surface area (Å²) in [5, 5.41) is 9.84. The summed E-state index contributed by atoms with van der Waals surface area (Å²) in [7, 11) is 0. The highest BCUT2D eigenvalue weighted by atomic mass is 35.5. The second kappa shape index (κ2) is 7.51. The lowest BCUT2D eigenvalue weighted by molar-refractivity contribution is 0.305. The molecule has 0 atom stereocenters. The van der Waals surface area contributed by atoms with Crippen LogP contribution in [-0.4, -0.2) is 28.2 Å². The van der Waals surface area contributed by atoms with Crippen LogP contribution in [0, 0.1) is 6.92 Å². The Bertz CT molecular complexity index is 871. The molecule has 0 fully saturated rings. The number of nitrogens with zero attached hydrogens (tertiary/aromatic N) is 3. The number of nitrogen functional groups attached to an aromatic ring is 1. The highest BCUT2D eigenvalue weighted by Crippen LogP contribution is 2.31. The third kappa shape index (κ3) is 3.90. The number of aliphatic hydroxyl groups excluding tert-OH is 1. The van der Waals surface area contributed by atoms with E-state index in [1.165, 1.54) is 0 Å². The van der Waals surface area contributed by atoms with Crippen molar-refractivity contribution in [3.05, 3.63) is 65.6 Å². The van der Waals surface area contributed by atoms with E-state index in [0.29, 0.717) is 23.2 Å². The minimum absolute atomic E-state index is 0.00269. The summed E-state index contributed by atoms with van der Waals surface area (Å²) in [5.74, 6) is 0.657. The fourth-order valence-electron chi connectivity index (χ4n) is 2.70. The van der Waals surface area contributed by atoms with Gasteiger partial charge in [-0.15, -0.1) is 0 Å². The van der Waals surface area contributed by atoms with Crippen molar-refractivity contribution in [3.63, 3.8) is 0 Å². The zero-order chi connectivity index (χ0) is 17.8. The third-order valence-corrected chi connectivity index (χ3v) is 4.06. The number of halogens is 1. The molecule has 0 aliphatic rings. The number of hydrogen-bond donors (Lipinski definition) is 2. The van der Waals surface area contributed by atoms with Gasteiger partial charge in [-0.05, 0) is 42.8 Å². The summed E-state index contributed by atoms with van der Waals surface area (Å²) in [5.41, 5.74) is 10.0. The summed E-state index contributed by atoms with van der Waals surface area (Å²) in [6, 6.07) is 15.3. The standard InChI is InChI=1S/C19H19ClN4O/c1-13-17(11-15(21)12-22-13)14-9-18(20)23-19(10-14)24(7-8-25)16-5-3-2-4-6-16/h2-6,9-12,25H,7-8,21H2,1H3. The number of aromatic nitrogens is 2. The van der Waals surface area contributed by atoms with E-state index in [1.807, 2.05) is 54.3 Å². The van der Waals surface area contributed by atoms with Crippen LogP contribution in [0.5, 0.6) is 0 Å². The largest absolute Gasteiger partial charge is 0.397 e. The van der Waals surface area contributed by atoms with Crippen molar-refractivity contribution in [2.24, 2.45) is 0 Å². The average Bonchev–Trinajstić information content (AvgIpc) is 2.62. The van der Waals surface area contributed by atoms with Crippen LogP contribution in [-0.2, 0) is 0 Å². The number of para-hydroxylation sites is 1. The van der Waals surface area contributed by atoms with Crippen molar-refractivity contribution in [2.45, 2.75) is 6.92 Å². The Morgan fingerprint density at radius 2 is 1.92 bits per heavy atom. The number of benzene rings is 1. The van der Waals surface area contributed by atoms with Crippen molar-refractivity contribution in [3.8, 4) is 11.1 Å². The summed E-state index contributed by atoms with van der Waals surface area (Å²) < 4.78 is 0. The molecule has 1 aromatic carbocycles. The van der Waals surface area contributed by atoms with Crippen molar-refractivity contribution in [1.29, 1.82) is 0 Å². The minimum Gasteiger partial charge on any atom is -0.397 e. The molecule has 0 saturated carbocycles. The van der Waals surface area contributed by atoms with Crippen molar-refractivity contribution < 1.29 is 5.11 Å². The first-order chi connectivity index (χ1) is 12.1. The smallest absolute Gasteiger partial charge is 0.135 e. The van der Waals surface area contributed by atoms with E-state index in [2.05, 4.69) is 9.97 Å². The minimum atomic E-state index is -0.00269. The molecule has 0 aliphatic heterocycles. The predicted molar refractivity (Wildman–Crippen MR) is 102 cm³/mol. The molecular weight excluding hydrogens is 336 g/mol. The third-order valence-electron chi connectivity index (χ3n) is 3.87.